The van der Waals surface area contributed by atoms with E-state index in [1.807, 2.05) is 17.8 Å². The maximum atomic E-state index is 4.52. The second-order valence-corrected chi connectivity index (χ2v) is 6.56. The van der Waals surface area contributed by atoms with Gasteiger partial charge in [-0.05, 0) is 42.5 Å². The Morgan fingerprint density at radius 1 is 1.19 bits per heavy atom. The lowest BCUT2D eigenvalue weighted by atomic mass is 9.86. The van der Waals surface area contributed by atoms with Gasteiger partial charge in [0.2, 0.25) is 0 Å². The Kier molecular flexibility index (Phi) is 4.61. The van der Waals surface area contributed by atoms with E-state index in [9.17, 15) is 0 Å². The molecule has 0 unspecified atom stereocenters. The van der Waals surface area contributed by atoms with Crippen molar-refractivity contribution >= 4 is 6.21 Å². The molecule has 2 rings (SSSR count). The largest absolute Gasteiger partial charge is 0.291 e. The molecule has 3 heteroatoms. The first-order chi connectivity index (χ1) is 9.86. The lowest BCUT2D eigenvalue weighted by molar-refractivity contribution is 0.590. The Hall–Kier alpha value is -1.90. The zero-order valence-electron chi connectivity index (χ0n) is 13.7. The number of aromatic nitrogens is 2. The van der Waals surface area contributed by atoms with Gasteiger partial charge in [-0.25, -0.2) is 0 Å². The number of hydrogen-bond donors (Lipinski definition) is 0. The van der Waals surface area contributed by atoms with Gasteiger partial charge in [0.25, 0.3) is 0 Å². The fourth-order valence-electron chi connectivity index (χ4n) is 2.31. The number of benzene rings is 1. The quantitative estimate of drug-likeness (QED) is 0.782. The van der Waals surface area contributed by atoms with Crippen molar-refractivity contribution in [3.8, 4) is 0 Å². The van der Waals surface area contributed by atoms with E-state index in [-0.39, 0.29) is 5.41 Å². The smallest absolute Gasteiger partial charge is 0.0608 e. The summed E-state index contributed by atoms with van der Waals surface area (Å²) in [5, 5.41) is 4.44. The summed E-state index contributed by atoms with van der Waals surface area (Å²) in [6.07, 6.45) is 1.96. The van der Waals surface area contributed by atoms with E-state index >= 15 is 0 Å². The molecule has 0 spiro atoms. The summed E-state index contributed by atoms with van der Waals surface area (Å²) in [6, 6.07) is 10.7. The first-order valence-corrected chi connectivity index (χ1v) is 7.48. The van der Waals surface area contributed by atoms with Crippen molar-refractivity contribution in [2.24, 2.45) is 4.99 Å². The number of hydrogen-bond acceptors (Lipinski definition) is 2. The molecule has 1 aromatic carbocycles. The molecule has 0 aliphatic rings. The third-order valence-corrected chi connectivity index (χ3v) is 3.54. The average molecular weight is 283 g/mol. The summed E-state index contributed by atoms with van der Waals surface area (Å²) in [5.74, 6) is 0. The Labute approximate surface area is 127 Å². The van der Waals surface area contributed by atoms with Crippen LogP contribution >= 0.6 is 0 Å². The number of aryl methyl sites for hydroxylation is 2. The van der Waals surface area contributed by atoms with E-state index < -0.39 is 0 Å². The van der Waals surface area contributed by atoms with Gasteiger partial charge in [-0.3, -0.25) is 9.67 Å². The van der Waals surface area contributed by atoms with Gasteiger partial charge in [0, 0.05) is 11.9 Å². The number of nitrogens with zero attached hydrogens (tertiary/aromatic N) is 3. The first-order valence-electron chi connectivity index (χ1n) is 7.48. The van der Waals surface area contributed by atoms with Crippen LogP contribution in [0.1, 0.15) is 43.3 Å². The molecular weight excluding hydrogens is 258 g/mol. The highest BCUT2D eigenvalue weighted by Crippen LogP contribution is 2.22. The maximum Gasteiger partial charge on any atom is 0.0608 e. The minimum Gasteiger partial charge on any atom is -0.291 e. The lowest BCUT2D eigenvalue weighted by Gasteiger charge is -2.19. The van der Waals surface area contributed by atoms with Gasteiger partial charge in [-0.2, -0.15) is 5.10 Å². The molecule has 0 saturated carbocycles. The van der Waals surface area contributed by atoms with Gasteiger partial charge >= 0.3 is 0 Å². The van der Waals surface area contributed by atoms with E-state index in [2.05, 4.69) is 68.1 Å². The fraction of sp³-hybridized carbons (Fsp3) is 0.444. The van der Waals surface area contributed by atoms with E-state index in [1.54, 1.807) is 0 Å². The molecule has 1 heterocycles. The topological polar surface area (TPSA) is 30.2 Å². The molecule has 112 valence electrons. The Balaban J connectivity index is 1.97. The molecule has 0 amide bonds. The van der Waals surface area contributed by atoms with Crippen molar-refractivity contribution in [2.45, 2.75) is 46.6 Å². The molecule has 0 fully saturated rings. The number of rotatable bonds is 4. The van der Waals surface area contributed by atoms with Crippen LogP contribution in [0.3, 0.4) is 0 Å². The highest BCUT2D eigenvalue weighted by atomic mass is 15.3. The van der Waals surface area contributed by atoms with Crippen molar-refractivity contribution < 1.29 is 0 Å². The monoisotopic (exact) mass is 283 g/mol. The molecule has 0 atom stereocenters. The number of aliphatic imine (C=N–C) groups is 1. The van der Waals surface area contributed by atoms with E-state index in [0.717, 1.165) is 24.3 Å². The standard InChI is InChI=1S/C18H25N3/c1-14-11-15(2)21(20-14)10-9-19-13-16-7-6-8-17(12-16)18(3,4)5/h6-8,11-13H,9-10H2,1-5H3. The third kappa shape index (κ3) is 4.28. The van der Waals surface area contributed by atoms with E-state index in [0.29, 0.717) is 0 Å². The normalized spacial score (nSPS) is 12.2. The van der Waals surface area contributed by atoms with Crippen molar-refractivity contribution in [1.29, 1.82) is 0 Å². The molecule has 1 aromatic heterocycles. The molecular formula is C18H25N3. The Bertz CT molecular complexity index is 630. The highest BCUT2D eigenvalue weighted by molar-refractivity contribution is 5.79. The van der Waals surface area contributed by atoms with Crippen LogP contribution in [-0.2, 0) is 12.0 Å². The van der Waals surface area contributed by atoms with Crippen molar-refractivity contribution in [2.75, 3.05) is 6.54 Å². The Morgan fingerprint density at radius 3 is 2.57 bits per heavy atom. The molecule has 2 aromatic rings. The summed E-state index contributed by atoms with van der Waals surface area (Å²) in [4.78, 5) is 4.52. The molecule has 0 saturated heterocycles. The molecule has 3 nitrogen and oxygen atoms in total. The molecule has 0 bridgehead atoms. The zero-order valence-corrected chi connectivity index (χ0v) is 13.7. The second kappa shape index (κ2) is 6.25. The fourth-order valence-corrected chi connectivity index (χ4v) is 2.31. The van der Waals surface area contributed by atoms with E-state index in [1.165, 1.54) is 11.3 Å². The lowest BCUT2D eigenvalue weighted by Crippen LogP contribution is -2.11. The van der Waals surface area contributed by atoms with Crippen molar-refractivity contribution in [1.82, 2.24) is 9.78 Å². The van der Waals surface area contributed by atoms with Gasteiger partial charge in [0.05, 0.1) is 18.8 Å². The summed E-state index contributed by atoms with van der Waals surface area (Å²) < 4.78 is 2.01. The van der Waals surface area contributed by atoms with Crippen LogP contribution in [0.25, 0.3) is 0 Å². The third-order valence-electron chi connectivity index (χ3n) is 3.54. The average Bonchev–Trinajstić information content (AvgIpc) is 2.72. The van der Waals surface area contributed by atoms with Gasteiger partial charge in [-0.1, -0.05) is 39.0 Å². The second-order valence-electron chi connectivity index (χ2n) is 6.56. The van der Waals surface area contributed by atoms with Crippen LogP contribution < -0.4 is 0 Å². The summed E-state index contributed by atoms with van der Waals surface area (Å²) >= 11 is 0. The van der Waals surface area contributed by atoms with Crippen LogP contribution in [0.15, 0.2) is 35.3 Å². The van der Waals surface area contributed by atoms with Gasteiger partial charge < -0.3 is 0 Å². The van der Waals surface area contributed by atoms with Crippen LogP contribution in [0, 0.1) is 13.8 Å². The minimum atomic E-state index is 0.174. The highest BCUT2D eigenvalue weighted by Gasteiger charge is 2.12. The van der Waals surface area contributed by atoms with Crippen LogP contribution in [0.4, 0.5) is 0 Å². The van der Waals surface area contributed by atoms with Crippen molar-refractivity contribution in [3.05, 3.63) is 52.8 Å². The minimum absolute atomic E-state index is 0.174. The predicted molar refractivity (Wildman–Crippen MR) is 89.3 cm³/mol. The van der Waals surface area contributed by atoms with Crippen LogP contribution in [0.5, 0.6) is 0 Å². The molecule has 0 aliphatic heterocycles. The summed E-state index contributed by atoms with van der Waals surface area (Å²) in [7, 11) is 0. The van der Waals surface area contributed by atoms with Crippen LogP contribution in [-0.4, -0.2) is 22.5 Å². The van der Waals surface area contributed by atoms with Gasteiger partial charge in [0.15, 0.2) is 0 Å². The van der Waals surface area contributed by atoms with Crippen LogP contribution in [0.2, 0.25) is 0 Å². The van der Waals surface area contributed by atoms with Gasteiger partial charge in [-0.15, -0.1) is 0 Å². The SMILES string of the molecule is Cc1cc(C)n(CCN=Cc2cccc(C(C)(C)C)c2)n1. The van der Waals surface area contributed by atoms with E-state index in [4.69, 9.17) is 0 Å². The summed E-state index contributed by atoms with van der Waals surface area (Å²) in [6.45, 7) is 12.4. The first kappa shape index (κ1) is 15.5. The van der Waals surface area contributed by atoms with Gasteiger partial charge in [0.1, 0.15) is 0 Å². The van der Waals surface area contributed by atoms with Crippen molar-refractivity contribution in [3.63, 3.8) is 0 Å². The molecule has 0 radical (unpaired) electrons. The Morgan fingerprint density at radius 2 is 1.95 bits per heavy atom. The molecule has 0 N–H and O–H groups in total. The zero-order chi connectivity index (χ0) is 15.5. The predicted octanol–water partition coefficient (Wildman–Crippen LogP) is 3.92. The maximum absolute atomic E-state index is 4.52. The summed E-state index contributed by atoms with van der Waals surface area (Å²) in [5.41, 5.74) is 4.93. The molecule has 0 aliphatic carbocycles. The molecule has 21 heavy (non-hydrogen) atoms.